The lowest BCUT2D eigenvalue weighted by Gasteiger charge is -2.36. The SMILES string of the molecule is COC(=O)C1=C(C)N=C2SC=C(CC(=O)NCc3ccco3)N2[C@@H]1c1cc(OC)cc(OC)c1. The van der Waals surface area contributed by atoms with Crippen LogP contribution in [-0.2, 0) is 20.9 Å². The lowest BCUT2D eigenvalue weighted by atomic mass is 9.93. The van der Waals surface area contributed by atoms with E-state index in [2.05, 4.69) is 10.3 Å². The molecule has 178 valence electrons. The monoisotopic (exact) mass is 483 g/mol. The molecule has 9 nitrogen and oxygen atoms in total. The van der Waals surface area contributed by atoms with Gasteiger partial charge in [0.25, 0.3) is 0 Å². The molecule has 0 saturated carbocycles. The lowest BCUT2D eigenvalue weighted by molar-refractivity contribution is -0.136. The second-order valence-corrected chi connectivity index (χ2v) is 8.40. The first kappa shape index (κ1) is 23.5. The summed E-state index contributed by atoms with van der Waals surface area (Å²) in [5, 5.41) is 5.41. The minimum atomic E-state index is -0.580. The van der Waals surface area contributed by atoms with E-state index >= 15 is 0 Å². The van der Waals surface area contributed by atoms with Gasteiger partial charge in [-0.2, -0.15) is 0 Å². The fraction of sp³-hybridized carbons (Fsp3) is 0.292. The van der Waals surface area contributed by atoms with Gasteiger partial charge in [-0.05, 0) is 42.2 Å². The Bertz CT molecular complexity index is 1160. The third-order valence-electron chi connectivity index (χ3n) is 5.48. The summed E-state index contributed by atoms with van der Waals surface area (Å²) < 4.78 is 21.3. The predicted molar refractivity (Wildman–Crippen MR) is 127 cm³/mol. The number of esters is 1. The molecule has 2 aliphatic rings. The average Bonchev–Trinajstić information content (AvgIpc) is 3.51. The van der Waals surface area contributed by atoms with Gasteiger partial charge in [0.05, 0.1) is 57.9 Å². The third kappa shape index (κ3) is 4.67. The van der Waals surface area contributed by atoms with Gasteiger partial charge in [-0.3, -0.25) is 4.79 Å². The number of amidine groups is 1. The van der Waals surface area contributed by atoms with Crippen LogP contribution in [0, 0.1) is 0 Å². The second kappa shape index (κ2) is 10.1. The normalized spacial score (nSPS) is 17.1. The van der Waals surface area contributed by atoms with Gasteiger partial charge in [0.15, 0.2) is 5.17 Å². The van der Waals surface area contributed by atoms with Gasteiger partial charge in [-0.1, -0.05) is 11.8 Å². The maximum absolute atomic E-state index is 12.9. The fourth-order valence-electron chi connectivity index (χ4n) is 3.87. The van der Waals surface area contributed by atoms with Gasteiger partial charge < -0.3 is 28.8 Å². The van der Waals surface area contributed by atoms with E-state index in [9.17, 15) is 9.59 Å². The number of hydrogen-bond donors (Lipinski definition) is 1. The van der Waals surface area contributed by atoms with Crippen molar-refractivity contribution in [3.05, 3.63) is 70.3 Å². The summed E-state index contributed by atoms with van der Waals surface area (Å²) in [6.45, 7) is 2.06. The molecule has 2 aliphatic heterocycles. The molecule has 1 aromatic carbocycles. The van der Waals surface area contributed by atoms with Crippen LogP contribution in [0.5, 0.6) is 11.5 Å². The number of hydrogen-bond acceptors (Lipinski definition) is 9. The van der Waals surface area contributed by atoms with Crippen LogP contribution >= 0.6 is 11.8 Å². The number of fused-ring (bicyclic) bond motifs is 1. The van der Waals surface area contributed by atoms with Crippen LogP contribution in [0.2, 0.25) is 0 Å². The zero-order valence-corrected chi connectivity index (χ0v) is 20.1. The van der Waals surface area contributed by atoms with Crippen LogP contribution in [0.3, 0.4) is 0 Å². The highest BCUT2D eigenvalue weighted by Gasteiger charge is 2.41. The molecule has 0 bridgehead atoms. The predicted octanol–water partition coefficient (Wildman–Crippen LogP) is 3.75. The van der Waals surface area contributed by atoms with Gasteiger partial charge in [0.1, 0.15) is 17.3 Å². The van der Waals surface area contributed by atoms with Crippen molar-refractivity contribution in [2.24, 2.45) is 4.99 Å². The molecule has 10 heteroatoms. The van der Waals surface area contributed by atoms with E-state index in [0.717, 1.165) is 5.56 Å². The van der Waals surface area contributed by atoms with Crippen molar-refractivity contribution in [2.45, 2.75) is 25.9 Å². The van der Waals surface area contributed by atoms with E-state index in [1.54, 1.807) is 45.6 Å². The largest absolute Gasteiger partial charge is 0.497 e. The fourth-order valence-corrected chi connectivity index (χ4v) is 4.83. The molecule has 1 N–H and O–H groups in total. The van der Waals surface area contributed by atoms with Crippen LogP contribution in [0.15, 0.2) is 68.4 Å². The Kier molecular flexibility index (Phi) is 6.97. The molecule has 0 unspecified atom stereocenters. The molecule has 4 rings (SSSR count). The van der Waals surface area contributed by atoms with Gasteiger partial charge in [0.2, 0.25) is 5.91 Å². The minimum Gasteiger partial charge on any atom is -0.497 e. The number of aliphatic imine (C=N–C) groups is 1. The number of amides is 1. The smallest absolute Gasteiger partial charge is 0.338 e. The van der Waals surface area contributed by atoms with Gasteiger partial charge in [-0.15, -0.1) is 0 Å². The van der Waals surface area contributed by atoms with Crippen LogP contribution in [-0.4, -0.2) is 43.3 Å². The topological polar surface area (TPSA) is 103 Å². The number of methoxy groups -OCH3 is 3. The van der Waals surface area contributed by atoms with Crippen molar-refractivity contribution in [1.29, 1.82) is 0 Å². The zero-order valence-electron chi connectivity index (χ0n) is 19.3. The number of thioether (sulfide) groups is 1. The molecule has 34 heavy (non-hydrogen) atoms. The molecule has 2 aromatic rings. The molecule has 0 radical (unpaired) electrons. The number of nitrogens with one attached hydrogen (secondary N) is 1. The molecule has 0 saturated heterocycles. The van der Waals surface area contributed by atoms with Crippen molar-refractivity contribution in [3.63, 3.8) is 0 Å². The molecule has 0 fully saturated rings. The van der Waals surface area contributed by atoms with Crippen molar-refractivity contribution in [3.8, 4) is 11.5 Å². The number of carbonyl (C=O) groups excluding carboxylic acids is 2. The van der Waals surface area contributed by atoms with Crippen LogP contribution in [0.1, 0.15) is 30.7 Å². The van der Waals surface area contributed by atoms with Crippen molar-refractivity contribution >= 4 is 28.8 Å². The number of furan rings is 1. The minimum absolute atomic E-state index is 0.0951. The number of carbonyl (C=O) groups is 2. The number of benzene rings is 1. The first-order valence-corrected chi connectivity index (χ1v) is 11.4. The lowest BCUT2D eigenvalue weighted by Crippen LogP contribution is -2.37. The molecule has 3 heterocycles. The van der Waals surface area contributed by atoms with Crippen LogP contribution in [0.25, 0.3) is 0 Å². The summed E-state index contributed by atoms with van der Waals surface area (Å²) in [4.78, 5) is 32.1. The van der Waals surface area contributed by atoms with Crippen LogP contribution in [0.4, 0.5) is 0 Å². The molecular weight excluding hydrogens is 458 g/mol. The van der Waals surface area contributed by atoms with E-state index in [-0.39, 0.29) is 18.9 Å². The quantitative estimate of drug-likeness (QED) is 0.567. The Morgan fingerprint density at radius 1 is 1.18 bits per heavy atom. The van der Waals surface area contributed by atoms with Crippen LogP contribution < -0.4 is 14.8 Å². The summed E-state index contributed by atoms with van der Waals surface area (Å²) in [6, 6.07) is 8.41. The zero-order chi connectivity index (χ0) is 24.2. The molecule has 0 aliphatic carbocycles. The maximum Gasteiger partial charge on any atom is 0.338 e. The molecular formula is C24H25N3O6S. The number of rotatable bonds is 8. The molecule has 0 spiro atoms. The van der Waals surface area contributed by atoms with Crippen molar-refractivity contribution in [1.82, 2.24) is 10.2 Å². The maximum atomic E-state index is 12.9. The summed E-state index contributed by atoms with van der Waals surface area (Å²) in [7, 11) is 4.46. The average molecular weight is 484 g/mol. The Hall–Kier alpha value is -3.66. The third-order valence-corrected chi connectivity index (χ3v) is 6.37. The molecule has 1 aromatic heterocycles. The molecule has 1 amide bonds. The Balaban J connectivity index is 1.69. The first-order chi connectivity index (χ1) is 16.4. The van der Waals surface area contributed by atoms with E-state index in [0.29, 0.717) is 39.4 Å². The van der Waals surface area contributed by atoms with E-state index in [4.69, 9.17) is 18.6 Å². The number of allylic oxidation sites excluding steroid dienone is 1. The van der Waals surface area contributed by atoms with Gasteiger partial charge in [-0.25, -0.2) is 9.79 Å². The Morgan fingerprint density at radius 2 is 1.91 bits per heavy atom. The van der Waals surface area contributed by atoms with Crippen molar-refractivity contribution in [2.75, 3.05) is 21.3 Å². The van der Waals surface area contributed by atoms with Gasteiger partial charge in [0, 0.05) is 11.8 Å². The highest BCUT2D eigenvalue weighted by Crippen LogP contribution is 2.46. The number of ether oxygens (including phenoxy) is 3. The van der Waals surface area contributed by atoms with E-state index < -0.39 is 12.0 Å². The standard InChI is InChI=1S/C24H25N3O6S/c1-14-21(23(29)32-4)22(15-8-18(30-2)11-19(9-15)31-3)27-16(13-34-24(27)26-14)10-20(28)25-12-17-6-5-7-33-17/h5-9,11,13,22H,10,12H2,1-4H3,(H,25,28)/t22-/m1/s1. The summed E-state index contributed by atoms with van der Waals surface area (Å²) in [5.41, 5.74) is 2.38. The van der Waals surface area contributed by atoms with E-state index in [1.807, 2.05) is 22.4 Å². The Morgan fingerprint density at radius 3 is 2.53 bits per heavy atom. The summed E-state index contributed by atoms with van der Waals surface area (Å²) >= 11 is 1.40. The molecule has 1 atom stereocenters. The Labute approximate surface area is 201 Å². The van der Waals surface area contributed by atoms with E-state index in [1.165, 1.54) is 18.9 Å². The van der Waals surface area contributed by atoms with Crippen molar-refractivity contribution < 1.29 is 28.2 Å². The highest BCUT2D eigenvalue weighted by molar-refractivity contribution is 8.16. The first-order valence-electron chi connectivity index (χ1n) is 10.5. The second-order valence-electron chi connectivity index (χ2n) is 7.56. The highest BCUT2D eigenvalue weighted by atomic mass is 32.2. The summed E-state index contributed by atoms with van der Waals surface area (Å²) in [5.74, 6) is 1.14. The number of nitrogens with zero attached hydrogens (tertiary/aromatic N) is 2. The summed E-state index contributed by atoms with van der Waals surface area (Å²) in [6.07, 6.45) is 1.65. The van der Waals surface area contributed by atoms with Gasteiger partial charge >= 0.3 is 5.97 Å².